The lowest BCUT2D eigenvalue weighted by atomic mass is 10.1. The lowest BCUT2D eigenvalue weighted by Gasteiger charge is -2.19. The normalized spacial score (nSPS) is 17.7. The molecule has 0 aromatic carbocycles. The summed E-state index contributed by atoms with van der Waals surface area (Å²) in [6.07, 6.45) is 5.03. The molecule has 0 saturated carbocycles. The summed E-state index contributed by atoms with van der Waals surface area (Å²) in [5.41, 5.74) is 1.44. The van der Waals surface area contributed by atoms with Gasteiger partial charge in [-0.2, -0.15) is 0 Å². The maximum Gasteiger partial charge on any atom is 0.287 e. The third kappa shape index (κ3) is 2.74. The number of carbonyl (C=O) groups excluding carboxylic acids is 2. The fraction of sp³-hybridized carbons (Fsp3) is 0.688. The number of nitrogens with one attached hydrogen (secondary N) is 1. The van der Waals surface area contributed by atoms with Crippen molar-refractivity contribution < 1.29 is 9.59 Å². The van der Waals surface area contributed by atoms with E-state index >= 15 is 0 Å². The average molecular weight is 304 g/mol. The number of hydrogen-bond donors (Lipinski definition) is 1. The monoisotopic (exact) mass is 304 g/mol. The van der Waals surface area contributed by atoms with Crippen molar-refractivity contribution in [2.75, 3.05) is 13.1 Å². The second-order valence-corrected chi connectivity index (χ2v) is 6.47. The lowest BCUT2D eigenvalue weighted by molar-refractivity contribution is 0.0786. The molecule has 6 heteroatoms. The zero-order valence-electron chi connectivity index (χ0n) is 13.4. The van der Waals surface area contributed by atoms with Crippen LogP contribution in [-0.2, 0) is 13.0 Å². The Kier molecular flexibility index (Phi) is 4.18. The van der Waals surface area contributed by atoms with Crippen molar-refractivity contribution in [3.8, 4) is 0 Å². The molecule has 3 heterocycles. The zero-order chi connectivity index (χ0) is 15.7. The Bertz CT molecular complexity index is 585. The van der Waals surface area contributed by atoms with E-state index in [1.54, 1.807) is 0 Å². The molecule has 120 valence electrons. The van der Waals surface area contributed by atoms with E-state index in [-0.39, 0.29) is 17.9 Å². The molecule has 0 aliphatic carbocycles. The molecule has 3 rings (SSSR count). The molecule has 0 unspecified atom stereocenters. The number of fused-ring (bicyclic) bond motifs is 1. The molecule has 6 nitrogen and oxygen atoms in total. The summed E-state index contributed by atoms with van der Waals surface area (Å²) in [5.74, 6) is 0.205. The van der Waals surface area contributed by atoms with E-state index in [0.717, 1.165) is 57.4 Å². The maximum absolute atomic E-state index is 12.7. The van der Waals surface area contributed by atoms with Gasteiger partial charge >= 0.3 is 0 Å². The van der Waals surface area contributed by atoms with Crippen LogP contribution in [0.25, 0.3) is 0 Å². The van der Waals surface area contributed by atoms with E-state index in [9.17, 15) is 9.59 Å². The van der Waals surface area contributed by atoms with Crippen molar-refractivity contribution in [2.24, 2.45) is 0 Å². The Morgan fingerprint density at radius 2 is 1.77 bits per heavy atom. The number of carbonyl (C=O) groups is 2. The van der Waals surface area contributed by atoms with Crippen molar-refractivity contribution >= 4 is 11.8 Å². The van der Waals surface area contributed by atoms with Crippen LogP contribution in [0.3, 0.4) is 0 Å². The zero-order valence-corrected chi connectivity index (χ0v) is 13.4. The number of imidazole rings is 1. The Labute approximate surface area is 130 Å². The van der Waals surface area contributed by atoms with Gasteiger partial charge in [0, 0.05) is 25.7 Å². The van der Waals surface area contributed by atoms with Gasteiger partial charge in [0.05, 0.1) is 5.69 Å². The van der Waals surface area contributed by atoms with Gasteiger partial charge in [0.2, 0.25) is 0 Å². The fourth-order valence-corrected chi connectivity index (χ4v) is 3.28. The molecule has 22 heavy (non-hydrogen) atoms. The first kappa shape index (κ1) is 15.1. The summed E-state index contributed by atoms with van der Waals surface area (Å²) in [6, 6.07) is 0.0572. The van der Waals surface area contributed by atoms with E-state index in [2.05, 4.69) is 10.3 Å². The van der Waals surface area contributed by atoms with Crippen LogP contribution < -0.4 is 5.32 Å². The third-order valence-corrected chi connectivity index (χ3v) is 4.34. The van der Waals surface area contributed by atoms with Crippen molar-refractivity contribution in [1.82, 2.24) is 19.8 Å². The molecule has 0 spiro atoms. The topological polar surface area (TPSA) is 67.2 Å². The Morgan fingerprint density at radius 3 is 2.45 bits per heavy atom. The quantitative estimate of drug-likeness (QED) is 0.922. The molecular weight excluding hydrogens is 280 g/mol. The van der Waals surface area contributed by atoms with Gasteiger partial charge in [-0.15, -0.1) is 0 Å². The second-order valence-electron chi connectivity index (χ2n) is 6.47. The lowest BCUT2D eigenvalue weighted by Crippen LogP contribution is -2.33. The number of hydrogen-bond acceptors (Lipinski definition) is 3. The van der Waals surface area contributed by atoms with Gasteiger partial charge in [-0.1, -0.05) is 0 Å². The highest BCUT2D eigenvalue weighted by Gasteiger charge is 2.30. The summed E-state index contributed by atoms with van der Waals surface area (Å²) in [4.78, 5) is 31.4. The first-order valence-corrected chi connectivity index (χ1v) is 8.27. The van der Waals surface area contributed by atoms with Gasteiger partial charge < -0.3 is 14.8 Å². The molecule has 2 amide bonds. The standard InChI is InChI=1S/C16H24N4O2/c1-11(2)17-15(21)14-18-13(12-7-3-4-10-20(12)14)16(22)19-8-5-6-9-19/h11H,3-10H2,1-2H3,(H,17,21). The van der Waals surface area contributed by atoms with Crippen LogP contribution in [0.15, 0.2) is 0 Å². The largest absolute Gasteiger partial charge is 0.347 e. The molecule has 2 aliphatic rings. The number of rotatable bonds is 3. The fourth-order valence-electron chi connectivity index (χ4n) is 3.28. The summed E-state index contributed by atoms with van der Waals surface area (Å²) < 4.78 is 1.95. The predicted octanol–water partition coefficient (Wildman–Crippen LogP) is 1.59. The molecule has 0 radical (unpaired) electrons. The molecule has 1 fully saturated rings. The smallest absolute Gasteiger partial charge is 0.287 e. The van der Waals surface area contributed by atoms with E-state index in [1.165, 1.54) is 0 Å². The summed E-state index contributed by atoms with van der Waals surface area (Å²) in [7, 11) is 0. The molecule has 1 saturated heterocycles. The van der Waals surface area contributed by atoms with E-state index in [0.29, 0.717) is 11.5 Å². The summed E-state index contributed by atoms with van der Waals surface area (Å²) in [5, 5.41) is 2.88. The Morgan fingerprint density at radius 1 is 1.09 bits per heavy atom. The van der Waals surface area contributed by atoms with Crippen LogP contribution in [0, 0.1) is 0 Å². The first-order chi connectivity index (χ1) is 10.6. The number of nitrogens with zero attached hydrogens (tertiary/aromatic N) is 3. The van der Waals surface area contributed by atoms with Crippen molar-refractivity contribution in [3.05, 3.63) is 17.2 Å². The van der Waals surface area contributed by atoms with Crippen molar-refractivity contribution in [2.45, 2.75) is 58.5 Å². The third-order valence-electron chi connectivity index (χ3n) is 4.34. The van der Waals surface area contributed by atoms with Crippen LogP contribution in [-0.4, -0.2) is 45.4 Å². The van der Waals surface area contributed by atoms with Crippen LogP contribution in [0.2, 0.25) is 0 Å². The van der Waals surface area contributed by atoms with Gasteiger partial charge in [-0.05, 0) is 46.0 Å². The number of amides is 2. The van der Waals surface area contributed by atoms with Crippen molar-refractivity contribution in [1.29, 1.82) is 0 Å². The van der Waals surface area contributed by atoms with Gasteiger partial charge in [-0.25, -0.2) is 4.98 Å². The molecular formula is C16H24N4O2. The Hall–Kier alpha value is -1.85. The van der Waals surface area contributed by atoms with Gasteiger partial charge in [-0.3, -0.25) is 9.59 Å². The molecule has 1 aromatic rings. The molecule has 2 aliphatic heterocycles. The number of likely N-dealkylation sites (tertiary alicyclic amines) is 1. The second kappa shape index (κ2) is 6.10. The van der Waals surface area contributed by atoms with E-state index in [4.69, 9.17) is 0 Å². The van der Waals surface area contributed by atoms with Crippen LogP contribution >= 0.6 is 0 Å². The minimum atomic E-state index is -0.182. The van der Waals surface area contributed by atoms with Crippen LogP contribution in [0.5, 0.6) is 0 Å². The van der Waals surface area contributed by atoms with Gasteiger partial charge in [0.1, 0.15) is 5.69 Å². The summed E-state index contributed by atoms with van der Waals surface area (Å²) >= 11 is 0. The number of aromatic nitrogens is 2. The molecule has 0 atom stereocenters. The van der Waals surface area contributed by atoms with Gasteiger partial charge in [0.25, 0.3) is 11.8 Å². The molecule has 1 N–H and O–H groups in total. The Balaban J connectivity index is 1.94. The first-order valence-electron chi connectivity index (χ1n) is 8.27. The van der Waals surface area contributed by atoms with Gasteiger partial charge in [0.15, 0.2) is 5.82 Å². The van der Waals surface area contributed by atoms with Crippen LogP contribution in [0.1, 0.15) is 66.3 Å². The molecule has 0 bridgehead atoms. The van der Waals surface area contributed by atoms with E-state index < -0.39 is 0 Å². The highest BCUT2D eigenvalue weighted by molar-refractivity contribution is 5.97. The van der Waals surface area contributed by atoms with Crippen molar-refractivity contribution in [3.63, 3.8) is 0 Å². The van der Waals surface area contributed by atoms with E-state index in [1.807, 2.05) is 23.3 Å². The average Bonchev–Trinajstić information content (AvgIpc) is 3.14. The highest BCUT2D eigenvalue weighted by Crippen LogP contribution is 2.23. The summed E-state index contributed by atoms with van der Waals surface area (Å²) in [6.45, 7) is 6.23. The maximum atomic E-state index is 12.7. The minimum absolute atomic E-state index is 0.00764. The highest BCUT2D eigenvalue weighted by atomic mass is 16.2. The van der Waals surface area contributed by atoms with Crippen LogP contribution in [0.4, 0.5) is 0 Å². The SMILES string of the molecule is CC(C)NC(=O)c1nc(C(=O)N2CCCC2)c2n1CCCC2. The minimum Gasteiger partial charge on any atom is -0.347 e. The predicted molar refractivity (Wildman–Crippen MR) is 82.9 cm³/mol. The molecule has 1 aromatic heterocycles.